The van der Waals surface area contributed by atoms with Gasteiger partial charge in [-0.05, 0) is 5.92 Å². The van der Waals surface area contributed by atoms with Gasteiger partial charge in [-0.2, -0.15) is 0 Å². The zero-order valence-corrected chi connectivity index (χ0v) is 12.0. The molecule has 8 nitrogen and oxygen atoms in total. The topological polar surface area (TPSA) is 112 Å². The van der Waals surface area contributed by atoms with Gasteiger partial charge in [0.1, 0.15) is 12.6 Å². The minimum atomic E-state index is -0.657. The van der Waals surface area contributed by atoms with Gasteiger partial charge < -0.3 is 15.8 Å². The van der Waals surface area contributed by atoms with Crippen LogP contribution < -0.4 is 11.1 Å². The summed E-state index contributed by atoms with van der Waals surface area (Å²) in [4.78, 5) is 23.6. The van der Waals surface area contributed by atoms with E-state index in [0.29, 0.717) is 5.69 Å². The summed E-state index contributed by atoms with van der Waals surface area (Å²) in [6.07, 6.45) is 2.34. The molecule has 20 heavy (non-hydrogen) atoms. The highest BCUT2D eigenvalue weighted by Crippen LogP contribution is 2.09. The number of carbonyl (C=O) groups is 2. The fraction of sp³-hybridized carbons (Fsp3) is 0.667. The molecule has 1 aromatic heterocycles. The van der Waals surface area contributed by atoms with Crippen LogP contribution in [-0.2, 0) is 27.4 Å². The van der Waals surface area contributed by atoms with Crippen LogP contribution >= 0.6 is 0 Å². The molecule has 1 heterocycles. The van der Waals surface area contributed by atoms with Crippen LogP contribution in [-0.4, -0.2) is 40.0 Å². The normalized spacial score (nSPS) is 13.6. The number of carbonyl (C=O) groups excluding carboxylic acids is 2. The standard InChI is InChI=1S/C12H21N5O3/c1-4-8(2)11(12(19)20-3)14-10(18)7-17-6-9(5-13)15-16-17/h6,8,11H,4-5,7,13H2,1-3H3,(H,14,18). The number of ether oxygens (including phenoxy) is 1. The third-order valence-corrected chi connectivity index (χ3v) is 3.09. The number of amides is 1. The van der Waals surface area contributed by atoms with Gasteiger partial charge in [0, 0.05) is 6.54 Å². The number of nitrogens with zero attached hydrogens (tertiary/aromatic N) is 3. The molecule has 2 atom stereocenters. The van der Waals surface area contributed by atoms with E-state index in [9.17, 15) is 9.59 Å². The van der Waals surface area contributed by atoms with Gasteiger partial charge in [0.05, 0.1) is 19.0 Å². The number of rotatable bonds is 7. The molecule has 112 valence electrons. The van der Waals surface area contributed by atoms with E-state index >= 15 is 0 Å². The SMILES string of the molecule is CCC(C)C(NC(=O)Cn1cc(CN)nn1)C(=O)OC. The van der Waals surface area contributed by atoms with Crippen molar-refractivity contribution in [1.29, 1.82) is 0 Å². The van der Waals surface area contributed by atoms with Crippen LogP contribution in [0.3, 0.4) is 0 Å². The minimum Gasteiger partial charge on any atom is -0.467 e. The average molecular weight is 283 g/mol. The quantitative estimate of drug-likeness (QED) is 0.649. The first kappa shape index (κ1) is 16.1. The molecule has 0 aliphatic heterocycles. The Hall–Kier alpha value is -1.96. The lowest BCUT2D eigenvalue weighted by Gasteiger charge is -2.21. The third-order valence-electron chi connectivity index (χ3n) is 3.09. The lowest BCUT2D eigenvalue weighted by Crippen LogP contribution is -2.46. The Balaban J connectivity index is 2.63. The number of methoxy groups -OCH3 is 1. The van der Waals surface area contributed by atoms with Crippen LogP contribution in [0.1, 0.15) is 26.0 Å². The van der Waals surface area contributed by atoms with E-state index in [4.69, 9.17) is 10.5 Å². The monoisotopic (exact) mass is 283 g/mol. The van der Waals surface area contributed by atoms with Gasteiger partial charge >= 0.3 is 5.97 Å². The number of nitrogens with one attached hydrogen (secondary N) is 1. The molecule has 3 N–H and O–H groups in total. The zero-order chi connectivity index (χ0) is 15.1. The molecule has 0 radical (unpaired) electrons. The van der Waals surface area contributed by atoms with Crippen LogP contribution in [0.4, 0.5) is 0 Å². The number of aromatic nitrogens is 3. The molecule has 0 aromatic carbocycles. The van der Waals surface area contributed by atoms with Gasteiger partial charge in [-0.3, -0.25) is 4.79 Å². The Bertz CT molecular complexity index is 460. The van der Waals surface area contributed by atoms with Crippen LogP contribution in [0.15, 0.2) is 6.20 Å². The van der Waals surface area contributed by atoms with E-state index in [0.717, 1.165) is 6.42 Å². The van der Waals surface area contributed by atoms with Gasteiger partial charge in [-0.15, -0.1) is 5.10 Å². The smallest absolute Gasteiger partial charge is 0.328 e. The van der Waals surface area contributed by atoms with Crippen LogP contribution in [0.5, 0.6) is 0 Å². The molecule has 0 bridgehead atoms. The highest BCUT2D eigenvalue weighted by Gasteiger charge is 2.26. The predicted molar refractivity (Wildman–Crippen MR) is 71.3 cm³/mol. The third kappa shape index (κ3) is 4.30. The maximum atomic E-state index is 11.9. The number of nitrogens with two attached hydrogens (primary N) is 1. The number of hydrogen-bond acceptors (Lipinski definition) is 6. The summed E-state index contributed by atoms with van der Waals surface area (Å²) in [7, 11) is 1.30. The summed E-state index contributed by atoms with van der Waals surface area (Å²) >= 11 is 0. The van der Waals surface area contributed by atoms with E-state index in [1.54, 1.807) is 6.20 Å². The zero-order valence-electron chi connectivity index (χ0n) is 12.0. The molecule has 1 aromatic rings. The first-order chi connectivity index (χ1) is 9.51. The number of hydrogen-bond donors (Lipinski definition) is 2. The Morgan fingerprint density at radius 3 is 2.75 bits per heavy atom. The molecule has 1 amide bonds. The second kappa shape index (κ2) is 7.59. The van der Waals surface area contributed by atoms with Crippen molar-refractivity contribution in [3.05, 3.63) is 11.9 Å². The van der Waals surface area contributed by atoms with E-state index in [-0.39, 0.29) is 24.9 Å². The lowest BCUT2D eigenvalue weighted by atomic mass is 9.99. The Morgan fingerprint density at radius 2 is 2.25 bits per heavy atom. The second-order valence-electron chi connectivity index (χ2n) is 4.57. The fourth-order valence-electron chi connectivity index (χ4n) is 1.67. The Kier molecular flexibility index (Phi) is 6.10. The van der Waals surface area contributed by atoms with Crippen LogP contribution in [0.25, 0.3) is 0 Å². The largest absolute Gasteiger partial charge is 0.467 e. The summed E-state index contributed by atoms with van der Waals surface area (Å²) < 4.78 is 6.08. The fourth-order valence-corrected chi connectivity index (χ4v) is 1.67. The summed E-state index contributed by atoms with van der Waals surface area (Å²) in [6, 6.07) is -0.657. The van der Waals surface area contributed by atoms with Crippen molar-refractivity contribution >= 4 is 11.9 Å². The second-order valence-corrected chi connectivity index (χ2v) is 4.57. The Morgan fingerprint density at radius 1 is 1.55 bits per heavy atom. The van der Waals surface area contributed by atoms with Gasteiger partial charge in [0.2, 0.25) is 5.91 Å². The van der Waals surface area contributed by atoms with Crippen LogP contribution in [0.2, 0.25) is 0 Å². The van der Waals surface area contributed by atoms with E-state index < -0.39 is 12.0 Å². The van der Waals surface area contributed by atoms with Crippen molar-refractivity contribution in [2.75, 3.05) is 7.11 Å². The lowest BCUT2D eigenvalue weighted by molar-refractivity contribution is -0.146. The molecule has 8 heteroatoms. The van der Waals surface area contributed by atoms with Gasteiger partial charge in [0.15, 0.2) is 0 Å². The molecular weight excluding hydrogens is 262 g/mol. The van der Waals surface area contributed by atoms with Crippen molar-refractivity contribution in [2.45, 2.75) is 39.4 Å². The van der Waals surface area contributed by atoms with Gasteiger partial charge in [-0.25, -0.2) is 9.48 Å². The maximum Gasteiger partial charge on any atom is 0.328 e. The molecule has 0 aliphatic carbocycles. The average Bonchev–Trinajstić information content (AvgIpc) is 2.90. The van der Waals surface area contributed by atoms with E-state index in [1.807, 2.05) is 13.8 Å². The van der Waals surface area contributed by atoms with Crippen molar-refractivity contribution in [2.24, 2.45) is 11.7 Å². The van der Waals surface area contributed by atoms with Gasteiger partial charge in [-0.1, -0.05) is 25.5 Å². The first-order valence-electron chi connectivity index (χ1n) is 6.48. The summed E-state index contributed by atoms with van der Waals surface area (Å²) in [5, 5.41) is 10.2. The summed E-state index contributed by atoms with van der Waals surface area (Å²) in [5.41, 5.74) is 6.01. The number of esters is 1. The molecule has 2 unspecified atom stereocenters. The van der Waals surface area contributed by atoms with Crippen molar-refractivity contribution < 1.29 is 14.3 Å². The molecule has 0 aliphatic rings. The van der Waals surface area contributed by atoms with Crippen molar-refractivity contribution in [3.63, 3.8) is 0 Å². The minimum absolute atomic E-state index is 0.0123. The first-order valence-corrected chi connectivity index (χ1v) is 6.48. The highest BCUT2D eigenvalue weighted by atomic mass is 16.5. The van der Waals surface area contributed by atoms with E-state index in [1.165, 1.54) is 11.8 Å². The predicted octanol–water partition coefficient (Wildman–Crippen LogP) is -0.559. The molecule has 0 spiro atoms. The maximum absolute atomic E-state index is 11.9. The molecule has 0 saturated heterocycles. The summed E-state index contributed by atoms with van der Waals surface area (Å²) in [6.45, 7) is 4.07. The summed E-state index contributed by atoms with van der Waals surface area (Å²) in [5.74, 6) is -0.787. The molecular formula is C12H21N5O3. The van der Waals surface area contributed by atoms with Crippen molar-refractivity contribution in [3.8, 4) is 0 Å². The molecule has 0 saturated carbocycles. The van der Waals surface area contributed by atoms with Crippen LogP contribution in [0, 0.1) is 5.92 Å². The molecule has 1 rings (SSSR count). The van der Waals surface area contributed by atoms with Gasteiger partial charge in [0.25, 0.3) is 0 Å². The Labute approximate surface area is 117 Å². The van der Waals surface area contributed by atoms with E-state index in [2.05, 4.69) is 15.6 Å². The van der Waals surface area contributed by atoms with Crippen molar-refractivity contribution in [1.82, 2.24) is 20.3 Å². The highest BCUT2D eigenvalue weighted by molar-refractivity contribution is 5.84. The molecule has 0 fully saturated rings.